The molecule has 108 valence electrons. The molecule has 2 atom stereocenters. The lowest BCUT2D eigenvalue weighted by molar-refractivity contribution is 0.0968. The molecule has 0 aromatic heterocycles. The molecule has 0 heterocycles. The fourth-order valence-electron chi connectivity index (χ4n) is 2.91. The number of hydrogen-bond donors (Lipinski definition) is 3. The Morgan fingerprint density at radius 1 is 1.24 bits per heavy atom. The van der Waals surface area contributed by atoms with Crippen molar-refractivity contribution >= 4 is 18.4 Å². The van der Waals surface area contributed by atoms with E-state index >= 15 is 0 Å². The molecule has 0 fully saturated rings. The standard InChI is InChI=1S/C17H17NO2S/c18-15(9-21)17(20)13-7-3-6-11-10-4-1-2-5-12(10)16(19)8-14(11)13/h1-7,15-16,19,21H,8-9,18H2. The predicted octanol–water partition coefficient (Wildman–Crippen LogP) is 2.38. The number of carbonyl (C=O) groups excluding carboxylic acids is 1. The summed E-state index contributed by atoms with van der Waals surface area (Å²) in [6, 6.07) is 12.8. The summed E-state index contributed by atoms with van der Waals surface area (Å²) in [7, 11) is 0. The Bertz CT molecular complexity index is 699. The third-order valence-corrected chi connectivity index (χ3v) is 4.38. The van der Waals surface area contributed by atoms with Gasteiger partial charge in [0.2, 0.25) is 0 Å². The Hall–Kier alpha value is -1.62. The van der Waals surface area contributed by atoms with E-state index in [1.807, 2.05) is 36.4 Å². The number of aliphatic hydroxyl groups excluding tert-OH is 1. The molecule has 21 heavy (non-hydrogen) atoms. The second-order valence-electron chi connectivity index (χ2n) is 5.29. The summed E-state index contributed by atoms with van der Waals surface area (Å²) in [5.41, 5.74) is 10.2. The third kappa shape index (κ3) is 2.39. The normalized spacial score (nSPS) is 17.8. The van der Waals surface area contributed by atoms with Crippen LogP contribution in [0.4, 0.5) is 0 Å². The van der Waals surface area contributed by atoms with Gasteiger partial charge >= 0.3 is 0 Å². The second-order valence-corrected chi connectivity index (χ2v) is 5.66. The Labute approximate surface area is 129 Å². The molecule has 2 unspecified atom stereocenters. The Morgan fingerprint density at radius 2 is 1.95 bits per heavy atom. The average Bonchev–Trinajstić information content (AvgIpc) is 2.53. The lowest BCUT2D eigenvalue weighted by Crippen LogP contribution is -2.33. The summed E-state index contributed by atoms with van der Waals surface area (Å²) in [6.07, 6.45) is -0.150. The molecular formula is C17H17NO2S. The van der Waals surface area contributed by atoms with Gasteiger partial charge < -0.3 is 10.8 Å². The smallest absolute Gasteiger partial charge is 0.180 e. The lowest BCUT2D eigenvalue weighted by Gasteiger charge is -2.26. The van der Waals surface area contributed by atoms with Crippen molar-refractivity contribution in [2.75, 3.05) is 5.75 Å². The fourth-order valence-corrected chi connectivity index (χ4v) is 3.07. The first-order chi connectivity index (χ1) is 10.1. The van der Waals surface area contributed by atoms with Crippen LogP contribution in [0.5, 0.6) is 0 Å². The van der Waals surface area contributed by atoms with Crippen molar-refractivity contribution in [2.45, 2.75) is 18.6 Å². The third-order valence-electron chi connectivity index (χ3n) is 3.98. The fraction of sp³-hybridized carbons (Fsp3) is 0.235. The monoisotopic (exact) mass is 299 g/mol. The summed E-state index contributed by atoms with van der Waals surface area (Å²) in [6.45, 7) is 0. The largest absolute Gasteiger partial charge is 0.388 e. The number of rotatable bonds is 3. The second kappa shape index (κ2) is 5.64. The molecule has 3 nitrogen and oxygen atoms in total. The number of ketones is 1. The minimum absolute atomic E-state index is 0.117. The first-order valence-corrected chi connectivity index (χ1v) is 7.56. The molecule has 2 aromatic carbocycles. The number of carbonyl (C=O) groups is 1. The predicted molar refractivity (Wildman–Crippen MR) is 86.7 cm³/mol. The van der Waals surface area contributed by atoms with Crippen molar-refractivity contribution in [3.8, 4) is 11.1 Å². The van der Waals surface area contributed by atoms with Crippen LogP contribution >= 0.6 is 12.6 Å². The van der Waals surface area contributed by atoms with Crippen LogP contribution < -0.4 is 5.73 Å². The van der Waals surface area contributed by atoms with E-state index in [1.54, 1.807) is 6.07 Å². The van der Waals surface area contributed by atoms with Crippen LogP contribution in [0.2, 0.25) is 0 Å². The van der Waals surface area contributed by atoms with E-state index in [4.69, 9.17) is 5.73 Å². The van der Waals surface area contributed by atoms with Gasteiger partial charge in [0.05, 0.1) is 12.1 Å². The Balaban J connectivity index is 2.17. The summed E-state index contributed by atoms with van der Waals surface area (Å²) >= 11 is 4.10. The summed E-state index contributed by atoms with van der Waals surface area (Å²) in [5.74, 6) is 0.190. The van der Waals surface area contributed by atoms with Crippen molar-refractivity contribution < 1.29 is 9.90 Å². The highest BCUT2D eigenvalue weighted by molar-refractivity contribution is 7.80. The minimum atomic E-state index is -0.617. The van der Waals surface area contributed by atoms with Crippen LogP contribution in [0.1, 0.15) is 27.6 Å². The van der Waals surface area contributed by atoms with Gasteiger partial charge in [-0.05, 0) is 22.3 Å². The molecule has 0 bridgehead atoms. The van der Waals surface area contributed by atoms with E-state index in [0.29, 0.717) is 17.7 Å². The summed E-state index contributed by atoms with van der Waals surface area (Å²) < 4.78 is 0. The summed E-state index contributed by atoms with van der Waals surface area (Å²) in [5, 5.41) is 10.4. The van der Waals surface area contributed by atoms with Crippen molar-refractivity contribution in [2.24, 2.45) is 5.73 Å². The van der Waals surface area contributed by atoms with Crippen LogP contribution in [0.15, 0.2) is 42.5 Å². The molecule has 1 aliphatic rings. The number of aliphatic hydroxyl groups is 1. The van der Waals surface area contributed by atoms with Crippen molar-refractivity contribution in [3.05, 3.63) is 59.2 Å². The van der Waals surface area contributed by atoms with Gasteiger partial charge in [-0.25, -0.2) is 0 Å². The van der Waals surface area contributed by atoms with Crippen LogP contribution in [0.25, 0.3) is 11.1 Å². The number of Topliss-reactive ketones (excluding diaryl/α,β-unsaturated/α-hetero) is 1. The van der Waals surface area contributed by atoms with Crippen LogP contribution in [-0.4, -0.2) is 22.7 Å². The quantitative estimate of drug-likeness (QED) is 0.602. The van der Waals surface area contributed by atoms with E-state index in [-0.39, 0.29) is 5.78 Å². The van der Waals surface area contributed by atoms with Gasteiger partial charge in [-0.15, -0.1) is 0 Å². The molecule has 3 rings (SSSR count). The number of hydrogen-bond acceptors (Lipinski definition) is 4. The molecule has 4 heteroatoms. The number of fused-ring (bicyclic) bond motifs is 3. The molecule has 1 aliphatic carbocycles. The highest BCUT2D eigenvalue weighted by Gasteiger charge is 2.27. The molecule has 0 saturated carbocycles. The van der Waals surface area contributed by atoms with Crippen LogP contribution in [0.3, 0.4) is 0 Å². The molecular weight excluding hydrogens is 282 g/mol. The average molecular weight is 299 g/mol. The zero-order valence-electron chi connectivity index (χ0n) is 11.5. The maximum absolute atomic E-state index is 12.4. The molecule has 0 amide bonds. The zero-order valence-corrected chi connectivity index (χ0v) is 12.4. The number of benzene rings is 2. The molecule has 2 aromatic rings. The molecule has 0 radical (unpaired) electrons. The summed E-state index contributed by atoms with van der Waals surface area (Å²) in [4.78, 5) is 12.4. The highest BCUT2D eigenvalue weighted by atomic mass is 32.1. The van der Waals surface area contributed by atoms with E-state index in [1.165, 1.54) is 0 Å². The van der Waals surface area contributed by atoms with E-state index in [9.17, 15) is 9.90 Å². The van der Waals surface area contributed by atoms with E-state index < -0.39 is 12.1 Å². The maximum atomic E-state index is 12.4. The molecule has 0 saturated heterocycles. The van der Waals surface area contributed by atoms with Crippen molar-refractivity contribution in [1.82, 2.24) is 0 Å². The van der Waals surface area contributed by atoms with Gasteiger partial charge in [0, 0.05) is 17.7 Å². The first kappa shape index (κ1) is 14.3. The van der Waals surface area contributed by atoms with Gasteiger partial charge in [0.1, 0.15) is 0 Å². The Morgan fingerprint density at radius 3 is 2.71 bits per heavy atom. The van der Waals surface area contributed by atoms with Gasteiger partial charge in [-0.3, -0.25) is 4.79 Å². The molecule has 0 aliphatic heterocycles. The first-order valence-electron chi connectivity index (χ1n) is 6.93. The SMILES string of the molecule is NC(CS)C(=O)c1cccc2c1CC(O)c1ccccc1-2. The van der Waals surface area contributed by atoms with Crippen molar-refractivity contribution in [1.29, 1.82) is 0 Å². The molecule has 3 N–H and O–H groups in total. The number of nitrogens with two attached hydrogens (primary N) is 1. The van der Waals surface area contributed by atoms with Crippen LogP contribution in [0, 0.1) is 0 Å². The lowest BCUT2D eigenvalue weighted by atomic mass is 9.80. The maximum Gasteiger partial charge on any atom is 0.180 e. The molecule has 0 spiro atoms. The van der Waals surface area contributed by atoms with E-state index in [0.717, 1.165) is 22.3 Å². The topological polar surface area (TPSA) is 63.3 Å². The number of thiol groups is 1. The van der Waals surface area contributed by atoms with Gasteiger partial charge in [-0.2, -0.15) is 12.6 Å². The zero-order chi connectivity index (χ0) is 15.0. The minimum Gasteiger partial charge on any atom is -0.388 e. The van der Waals surface area contributed by atoms with Gasteiger partial charge in [0.25, 0.3) is 0 Å². The van der Waals surface area contributed by atoms with Gasteiger partial charge in [0.15, 0.2) is 5.78 Å². The van der Waals surface area contributed by atoms with Crippen LogP contribution in [-0.2, 0) is 6.42 Å². The highest BCUT2D eigenvalue weighted by Crippen LogP contribution is 2.39. The van der Waals surface area contributed by atoms with Crippen molar-refractivity contribution in [3.63, 3.8) is 0 Å². The Kier molecular flexibility index (Phi) is 3.85. The van der Waals surface area contributed by atoms with Gasteiger partial charge in [-0.1, -0.05) is 42.5 Å². The van der Waals surface area contributed by atoms with E-state index in [2.05, 4.69) is 12.6 Å².